The molecule has 0 aliphatic heterocycles. The van der Waals surface area contributed by atoms with Crippen LogP contribution in [0, 0.1) is 13.8 Å². The molecule has 0 unspecified atom stereocenters. The fourth-order valence-electron chi connectivity index (χ4n) is 3.11. The van der Waals surface area contributed by atoms with Gasteiger partial charge in [-0.15, -0.1) is 0 Å². The van der Waals surface area contributed by atoms with Gasteiger partial charge in [-0.1, -0.05) is 42.5 Å². The average Bonchev–Trinajstić information content (AvgIpc) is 2.70. The smallest absolute Gasteiger partial charge is 0.339 e. The van der Waals surface area contributed by atoms with Crippen molar-refractivity contribution in [1.29, 1.82) is 0 Å². The Balaban J connectivity index is 1.91. The molecule has 0 saturated carbocycles. The summed E-state index contributed by atoms with van der Waals surface area (Å²) < 4.78 is 28.1. The number of aryl methyl sites for hydroxylation is 2. The maximum atomic E-state index is 12.8. The molecule has 0 atom stereocenters. The molecular formula is C22H23N3O4S. The molecule has 1 aromatic heterocycles. The van der Waals surface area contributed by atoms with Gasteiger partial charge in [0.15, 0.2) is 0 Å². The Morgan fingerprint density at radius 3 is 2.47 bits per heavy atom. The summed E-state index contributed by atoms with van der Waals surface area (Å²) in [6, 6.07) is 16.0. The second-order valence-electron chi connectivity index (χ2n) is 7.12. The zero-order valence-corrected chi connectivity index (χ0v) is 17.8. The van der Waals surface area contributed by atoms with Crippen LogP contribution in [-0.2, 0) is 16.6 Å². The minimum Gasteiger partial charge on any atom is -0.478 e. The Kier molecular flexibility index (Phi) is 6.07. The van der Waals surface area contributed by atoms with Crippen LogP contribution in [0.1, 0.15) is 27.0 Å². The van der Waals surface area contributed by atoms with Crippen LogP contribution < -0.4 is 9.62 Å². The lowest BCUT2D eigenvalue weighted by Crippen LogP contribution is -2.21. The first kappa shape index (κ1) is 21.3. The molecule has 1 heterocycles. The van der Waals surface area contributed by atoms with Crippen molar-refractivity contribution in [2.45, 2.75) is 25.3 Å². The number of rotatable bonds is 7. The van der Waals surface area contributed by atoms with Crippen LogP contribution in [-0.4, -0.2) is 31.5 Å². The number of benzene rings is 2. The molecule has 0 spiro atoms. The topological polar surface area (TPSA) is 99.6 Å². The van der Waals surface area contributed by atoms with Gasteiger partial charge in [0.2, 0.25) is 0 Å². The van der Waals surface area contributed by atoms with E-state index in [2.05, 4.69) is 9.71 Å². The highest BCUT2D eigenvalue weighted by atomic mass is 32.2. The molecule has 30 heavy (non-hydrogen) atoms. The van der Waals surface area contributed by atoms with E-state index in [9.17, 15) is 18.3 Å². The molecule has 0 aliphatic carbocycles. The number of hydrogen-bond acceptors (Lipinski definition) is 5. The summed E-state index contributed by atoms with van der Waals surface area (Å²) in [5, 5.41) is 9.66. The number of aromatic carboxylic acids is 1. The quantitative estimate of drug-likeness (QED) is 0.597. The molecule has 7 nitrogen and oxygen atoms in total. The van der Waals surface area contributed by atoms with Gasteiger partial charge in [-0.2, -0.15) is 0 Å². The lowest BCUT2D eigenvalue weighted by atomic mass is 10.2. The second-order valence-corrected chi connectivity index (χ2v) is 8.77. The first-order valence-corrected chi connectivity index (χ1v) is 10.7. The maximum Gasteiger partial charge on any atom is 0.339 e. The molecule has 0 aliphatic rings. The number of carbonyl (C=O) groups is 1. The Morgan fingerprint density at radius 2 is 1.80 bits per heavy atom. The number of pyridine rings is 1. The number of nitrogens with one attached hydrogen (secondary N) is 1. The number of carboxylic acids is 1. The SMILES string of the molecule is Cc1ccc(C)c(S(=O)(=O)Nc2cnc(N(C)Cc3ccccc3)c(C(=O)O)c2)c1. The largest absolute Gasteiger partial charge is 0.478 e. The number of aromatic nitrogens is 1. The van der Waals surface area contributed by atoms with Crippen molar-refractivity contribution in [3.8, 4) is 0 Å². The van der Waals surface area contributed by atoms with E-state index < -0.39 is 16.0 Å². The summed E-state index contributed by atoms with van der Waals surface area (Å²) in [7, 11) is -2.15. The third-order valence-electron chi connectivity index (χ3n) is 4.61. The predicted octanol–water partition coefficient (Wildman–Crippen LogP) is 3.83. The average molecular weight is 426 g/mol. The molecule has 0 saturated heterocycles. The van der Waals surface area contributed by atoms with Crippen LogP contribution >= 0.6 is 0 Å². The minimum atomic E-state index is -3.89. The Morgan fingerprint density at radius 1 is 1.10 bits per heavy atom. The Labute approximate surface area is 176 Å². The van der Waals surface area contributed by atoms with Gasteiger partial charge in [0.1, 0.15) is 11.4 Å². The zero-order valence-electron chi connectivity index (χ0n) is 17.0. The highest BCUT2D eigenvalue weighted by molar-refractivity contribution is 7.92. The second kappa shape index (κ2) is 8.54. The van der Waals surface area contributed by atoms with Crippen LogP contribution in [0.15, 0.2) is 65.7 Å². The van der Waals surface area contributed by atoms with E-state index in [1.54, 1.807) is 37.9 Å². The lowest BCUT2D eigenvalue weighted by Gasteiger charge is -2.21. The van der Waals surface area contributed by atoms with Gasteiger partial charge >= 0.3 is 5.97 Å². The van der Waals surface area contributed by atoms with E-state index in [4.69, 9.17) is 0 Å². The number of sulfonamides is 1. The molecule has 0 bridgehead atoms. The fourth-order valence-corrected chi connectivity index (χ4v) is 4.48. The van der Waals surface area contributed by atoms with Crippen molar-refractivity contribution in [2.75, 3.05) is 16.7 Å². The lowest BCUT2D eigenvalue weighted by molar-refractivity contribution is 0.0697. The van der Waals surface area contributed by atoms with Gasteiger partial charge in [-0.3, -0.25) is 4.72 Å². The van der Waals surface area contributed by atoms with Crippen LogP contribution in [0.2, 0.25) is 0 Å². The molecule has 0 amide bonds. The van der Waals surface area contributed by atoms with Gasteiger partial charge in [0, 0.05) is 13.6 Å². The third kappa shape index (κ3) is 4.77. The van der Waals surface area contributed by atoms with Crippen LogP contribution in [0.5, 0.6) is 0 Å². The van der Waals surface area contributed by atoms with Crippen molar-refractivity contribution in [2.24, 2.45) is 0 Å². The molecule has 0 fully saturated rings. The standard InChI is InChI=1S/C22H23N3O4S/c1-15-9-10-16(2)20(11-15)30(28,29)24-18-12-19(22(26)27)21(23-13-18)25(3)14-17-7-5-4-6-8-17/h4-13,24H,14H2,1-3H3,(H,26,27). The summed E-state index contributed by atoms with van der Waals surface area (Å²) in [5.74, 6) is -0.939. The Bertz CT molecular complexity index is 1180. The minimum absolute atomic E-state index is 0.0881. The van der Waals surface area contributed by atoms with E-state index in [0.717, 1.165) is 11.1 Å². The molecule has 3 aromatic rings. The van der Waals surface area contributed by atoms with Crippen molar-refractivity contribution < 1.29 is 18.3 Å². The predicted molar refractivity (Wildman–Crippen MR) is 116 cm³/mol. The van der Waals surface area contributed by atoms with Crippen molar-refractivity contribution in [1.82, 2.24) is 4.98 Å². The van der Waals surface area contributed by atoms with Gasteiger partial charge in [0.25, 0.3) is 10.0 Å². The van der Waals surface area contributed by atoms with E-state index in [-0.39, 0.29) is 22.0 Å². The van der Waals surface area contributed by atoms with E-state index in [1.165, 1.54) is 12.3 Å². The fraction of sp³-hybridized carbons (Fsp3) is 0.182. The van der Waals surface area contributed by atoms with Crippen LogP contribution in [0.3, 0.4) is 0 Å². The van der Waals surface area contributed by atoms with Gasteiger partial charge in [-0.25, -0.2) is 18.2 Å². The van der Waals surface area contributed by atoms with Crippen molar-refractivity contribution >= 4 is 27.5 Å². The number of anilines is 2. The molecule has 0 radical (unpaired) electrons. The summed E-state index contributed by atoms with van der Waals surface area (Å²) in [4.78, 5) is 17.9. The summed E-state index contributed by atoms with van der Waals surface area (Å²) in [6.45, 7) is 3.97. The molecule has 156 valence electrons. The van der Waals surface area contributed by atoms with Crippen LogP contribution in [0.25, 0.3) is 0 Å². The Hall–Kier alpha value is -3.39. The van der Waals surface area contributed by atoms with Crippen LogP contribution in [0.4, 0.5) is 11.5 Å². The third-order valence-corrected chi connectivity index (χ3v) is 6.13. The van der Waals surface area contributed by atoms with Gasteiger partial charge in [0.05, 0.1) is 16.8 Å². The molecule has 2 N–H and O–H groups in total. The molecular weight excluding hydrogens is 402 g/mol. The highest BCUT2D eigenvalue weighted by Crippen LogP contribution is 2.25. The van der Waals surface area contributed by atoms with E-state index in [1.807, 2.05) is 36.4 Å². The normalized spacial score (nSPS) is 11.2. The molecule has 3 rings (SSSR count). The summed E-state index contributed by atoms with van der Waals surface area (Å²) in [5.41, 5.74) is 2.40. The number of nitrogens with zero attached hydrogens (tertiary/aromatic N) is 2. The van der Waals surface area contributed by atoms with Gasteiger partial charge < -0.3 is 10.0 Å². The maximum absolute atomic E-state index is 12.8. The number of hydrogen-bond donors (Lipinski definition) is 2. The highest BCUT2D eigenvalue weighted by Gasteiger charge is 2.21. The monoisotopic (exact) mass is 425 g/mol. The first-order chi connectivity index (χ1) is 14.2. The summed E-state index contributed by atoms with van der Waals surface area (Å²) >= 11 is 0. The van der Waals surface area contributed by atoms with Gasteiger partial charge in [-0.05, 0) is 42.7 Å². The van der Waals surface area contributed by atoms with E-state index >= 15 is 0 Å². The van der Waals surface area contributed by atoms with E-state index in [0.29, 0.717) is 12.1 Å². The van der Waals surface area contributed by atoms with Crippen molar-refractivity contribution in [3.63, 3.8) is 0 Å². The molecule has 8 heteroatoms. The number of carboxylic acid groups (broad SMARTS) is 1. The van der Waals surface area contributed by atoms with Crippen molar-refractivity contribution in [3.05, 3.63) is 83.0 Å². The zero-order chi connectivity index (χ0) is 21.9. The molecule has 2 aromatic carbocycles. The first-order valence-electron chi connectivity index (χ1n) is 9.26. The summed E-state index contributed by atoms with van der Waals surface area (Å²) in [6.07, 6.45) is 1.33.